The number of thioether (sulfide) groups is 1. The van der Waals surface area contributed by atoms with E-state index >= 15 is 0 Å². The molecule has 0 aliphatic carbocycles. The maximum Gasteiger partial charge on any atom is 0.263 e. The summed E-state index contributed by atoms with van der Waals surface area (Å²) < 4.78 is 9.16. The number of para-hydroxylation sites is 1. The van der Waals surface area contributed by atoms with E-state index in [0.29, 0.717) is 28.6 Å². The van der Waals surface area contributed by atoms with Crippen LogP contribution in [0.15, 0.2) is 65.1 Å². The van der Waals surface area contributed by atoms with Gasteiger partial charge in [-0.3, -0.25) is 13.8 Å². The van der Waals surface area contributed by atoms with Crippen LogP contribution in [0.1, 0.15) is 11.1 Å². The molecule has 0 fully saturated rings. The average Bonchev–Trinajstić information content (AvgIpc) is 3.17. The molecule has 1 atom stereocenters. The maximum absolute atomic E-state index is 12.8. The number of aryl methyl sites for hydroxylation is 2. The summed E-state index contributed by atoms with van der Waals surface area (Å²) in [4.78, 5) is 12.8. The Kier molecular flexibility index (Phi) is 6.11. The van der Waals surface area contributed by atoms with Crippen molar-refractivity contribution >= 4 is 28.4 Å². The van der Waals surface area contributed by atoms with Crippen molar-refractivity contribution in [1.29, 1.82) is 0 Å². The van der Waals surface area contributed by atoms with Gasteiger partial charge < -0.3 is 9.84 Å². The fraction of sp³-hybridized carbons (Fsp3) is 0.261. The summed E-state index contributed by atoms with van der Waals surface area (Å²) in [5.41, 5.74) is 2.84. The molecular weight excluding hydrogens is 412 g/mol. The number of ether oxygens (including phenoxy) is 1. The number of hydrogen-bond donors (Lipinski definition) is 1. The first-order chi connectivity index (χ1) is 15.0. The monoisotopic (exact) mass is 436 g/mol. The zero-order valence-corrected chi connectivity index (χ0v) is 18.3. The third-order valence-corrected chi connectivity index (χ3v) is 5.91. The number of aliphatic hydroxyl groups excluding tert-OH is 1. The van der Waals surface area contributed by atoms with Gasteiger partial charge in [-0.2, -0.15) is 0 Å². The molecule has 1 N–H and O–H groups in total. The standard InChI is InChI=1S/C23H24N4O3S/c1-4-9-26-21(29)19-7-5-6-8-20(19)27-22(26)24-25-23(27)31-14-17(28)13-30-18-11-15(2)10-16(3)12-18/h4-8,10-12,17,28H,1,9,13-14H2,2-3H3. The summed E-state index contributed by atoms with van der Waals surface area (Å²) in [5, 5.41) is 20.1. The van der Waals surface area contributed by atoms with E-state index < -0.39 is 6.10 Å². The van der Waals surface area contributed by atoms with Gasteiger partial charge in [0.2, 0.25) is 5.78 Å². The van der Waals surface area contributed by atoms with Crippen molar-refractivity contribution in [2.75, 3.05) is 12.4 Å². The van der Waals surface area contributed by atoms with E-state index in [9.17, 15) is 9.90 Å². The molecule has 0 aliphatic heterocycles. The van der Waals surface area contributed by atoms with Gasteiger partial charge in [0.15, 0.2) is 5.16 Å². The van der Waals surface area contributed by atoms with Crippen LogP contribution in [0, 0.1) is 13.8 Å². The van der Waals surface area contributed by atoms with Crippen molar-refractivity contribution in [2.45, 2.75) is 31.7 Å². The van der Waals surface area contributed by atoms with Crippen molar-refractivity contribution in [3.05, 3.63) is 76.6 Å². The van der Waals surface area contributed by atoms with Gasteiger partial charge in [-0.1, -0.05) is 36.0 Å². The molecule has 4 rings (SSSR count). The number of allylic oxidation sites excluding steroid dienone is 1. The van der Waals surface area contributed by atoms with E-state index in [4.69, 9.17) is 4.74 Å². The van der Waals surface area contributed by atoms with Crippen LogP contribution in [0.3, 0.4) is 0 Å². The van der Waals surface area contributed by atoms with Crippen molar-refractivity contribution in [1.82, 2.24) is 19.2 Å². The van der Waals surface area contributed by atoms with Crippen LogP contribution in [0.2, 0.25) is 0 Å². The molecule has 0 radical (unpaired) electrons. The van der Waals surface area contributed by atoms with E-state index in [1.807, 2.05) is 48.6 Å². The third-order valence-electron chi connectivity index (χ3n) is 4.83. The minimum absolute atomic E-state index is 0.131. The summed E-state index contributed by atoms with van der Waals surface area (Å²) in [5.74, 6) is 1.57. The first kappa shape index (κ1) is 21.1. The summed E-state index contributed by atoms with van der Waals surface area (Å²) >= 11 is 1.37. The maximum atomic E-state index is 12.8. The van der Waals surface area contributed by atoms with Gasteiger partial charge in [0.1, 0.15) is 12.4 Å². The molecule has 0 spiro atoms. The van der Waals surface area contributed by atoms with Gasteiger partial charge in [-0.05, 0) is 49.2 Å². The quantitative estimate of drug-likeness (QED) is 0.337. The Morgan fingerprint density at radius 1 is 1.19 bits per heavy atom. The molecule has 0 amide bonds. The molecule has 4 aromatic rings. The molecule has 2 aromatic heterocycles. The van der Waals surface area contributed by atoms with Gasteiger partial charge in [0, 0.05) is 12.3 Å². The van der Waals surface area contributed by atoms with Crippen LogP contribution in [-0.4, -0.2) is 42.7 Å². The zero-order valence-electron chi connectivity index (χ0n) is 17.5. The predicted octanol–water partition coefficient (Wildman–Crippen LogP) is 3.38. The van der Waals surface area contributed by atoms with E-state index in [0.717, 1.165) is 22.4 Å². The Morgan fingerprint density at radius 3 is 2.68 bits per heavy atom. The van der Waals surface area contributed by atoms with E-state index in [1.54, 1.807) is 16.7 Å². The van der Waals surface area contributed by atoms with Crippen LogP contribution in [-0.2, 0) is 6.54 Å². The molecule has 0 saturated heterocycles. The largest absolute Gasteiger partial charge is 0.491 e. The van der Waals surface area contributed by atoms with Crippen molar-refractivity contribution in [3.63, 3.8) is 0 Å². The summed E-state index contributed by atoms with van der Waals surface area (Å²) in [6, 6.07) is 13.3. The molecule has 0 aliphatic rings. The highest BCUT2D eigenvalue weighted by atomic mass is 32.2. The molecule has 2 heterocycles. The van der Waals surface area contributed by atoms with Crippen LogP contribution >= 0.6 is 11.8 Å². The van der Waals surface area contributed by atoms with Crippen LogP contribution < -0.4 is 10.3 Å². The van der Waals surface area contributed by atoms with Crippen molar-refractivity contribution in [3.8, 4) is 5.75 Å². The van der Waals surface area contributed by atoms with Gasteiger partial charge in [0.25, 0.3) is 5.56 Å². The van der Waals surface area contributed by atoms with Gasteiger partial charge in [-0.25, -0.2) is 0 Å². The lowest BCUT2D eigenvalue weighted by molar-refractivity contribution is 0.126. The molecule has 1 unspecified atom stereocenters. The number of rotatable bonds is 8. The molecule has 0 saturated carbocycles. The molecular formula is C23H24N4O3S. The lowest BCUT2D eigenvalue weighted by Crippen LogP contribution is -2.23. The molecule has 2 aromatic carbocycles. The Balaban J connectivity index is 1.56. The van der Waals surface area contributed by atoms with Crippen molar-refractivity contribution < 1.29 is 9.84 Å². The highest BCUT2D eigenvalue weighted by molar-refractivity contribution is 7.99. The number of aliphatic hydroxyl groups is 1. The number of hydrogen-bond acceptors (Lipinski definition) is 6. The van der Waals surface area contributed by atoms with E-state index in [2.05, 4.69) is 22.8 Å². The first-order valence-corrected chi connectivity index (χ1v) is 11.0. The predicted molar refractivity (Wildman–Crippen MR) is 123 cm³/mol. The molecule has 7 nitrogen and oxygen atoms in total. The smallest absolute Gasteiger partial charge is 0.263 e. The molecule has 0 bridgehead atoms. The highest BCUT2D eigenvalue weighted by Gasteiger charge is 2.17. The van der Waals surface area contributed by atoms with Crippen LogP contribution in [0.5, 0.6) is 5.75 Å². The van der Waals surface area contributed by atoms with E-state index in [-0.39, 0.29) is 12.2 Å². The lowest BCUT2D eigenvalue weighted by Gasteiger charge is -2.13. The third kappa shape index (κ3) is 4.35. The SMILES string of the molecule is C=CCn1c(=O)c2ccccc2n2c(SCC(O)COc3cc(C)cc(C)c3)nnc12. The molecule has 8 heteroatoms. The van der Waals surface area contributed by atoms with Gasteiger partial charge in [0.05, 0.1) is 17.0 Å². The fourth-order valence-corrected chi connectivity index (χ4v) is 4.39. The highest BCUT2D eigenvalue weighted by Crippen LogP contribution is 2.23. The Morgan fingerprint density at radius 2 is 1.94 bits per heavy atom. The summed E-state index contributed by atoms with van der Waals surface area (Å²) in [6.45, 7) is 8.27. The topological polar surface area (TPSA) is 81.7 Å². The lowest BCUT2D eigenvalue weighted by atomic mass is 10.1. The zero-order chi connectivity index (χ0) is 22.0. The summed E-state index contributed by atoms with van der Waals surface area (Å²) in [7, 11) is 0. The van der Waals surface area contributed by atoms with Crippen LogP contribution in [0.25, 0.3) is 16.7 Å². The second-order valence-corrected chi connectivity index (χ2v) is 8.43. The van der Waals surface area contributed by atoms with Crippen molar-refractivity contribution in [2.24, 2.45) is 0 Å². The van der Waals surface area contributed by atoms with Gasteiger partial charge in [-0.15, -0.1) is 16.8 Å². The van der Waals surface area contributed by atoms with Crippen LogP contribution in [0.4, 0.5) is 0 Å². The fourth-order valence-electron chi connectivity index (χ4n) is 3.55. The Bertz CT molecular complexity index is 1290. The number of aromatic nitrogens is 4. The minimum atomic E-state index is -0.691. The number of fused-ring (bicyclic) bond motifs is 3. The number of nitrogens with zero attached hydrogens (tertiary/aromatic N) is 4. The second-order valence-electron chi connectivity index (χ2n) is 7.44. The minimum Gasteiger partial charge on any atom is -0.491 e. The molecule has 31 heavy (non-hydrogen) atoms. The van der Waals surface area contributed by atoms with Gasteiger partial charge >= 0.3 is 0 Å². The Hall–Kier alpha value is -3.10. The number of benzene rings is 2. The first-order valence-electron chi connectivity index (χ1n) is 9.97. The van der Waals surface area contributed by atoms with E-state index in [1.165, 1.54) is 11.8 Å². The second kappa shape index (κ2) is 8.95. The Labute approximate surface area is 184 Å². The summed E-state index contributed by atoms with van der Waals surface area (Å²) in [6.07, 6.45) is 0.967. The molecule has 160 valence electrons. The normalized spacial score (nSPS) is 12.4. The average molecular weight is 437 g/mol.